The van der Waals surface area contributed by atoms with Gasteiger partial charge < -0.3 is 20.5 Å². The summed E-state index contributed by atoms with van der Waals surface area (Å²) in [5.74, 6) is 0.808. The second kappa shape index (κ2) is 5.52. The summed E-state index contributed by atoms with van der Waals surface area (Å²) in [6.45, 7) is 8.46. The van der Waals surface area contributed by atoms with Crippen molar-refractivity contribution in [3.05, 3.63) is 18.2 Å². The normalized spacial score (nSPS) is 24.3. The fraction of sp³-hybridized carbons (Fsp3) is 0.625. The second-order valence-electron chi connectivity index (χ2n) is 6.44. The molecule has 0 spiro atoms. The zero-order valence-corrected chi connectivity index (χ0v) is 13.1. The molecule has 1 saturated carbocycles. The van der Waals surface area contributed by atoms with Gasteiger partial charge in [-0.15, -0.1) is 0 Å². The van der Waals surface area contributed by atoms with Gasteiger partial charge in [0.05, 0.1) is 12.2 Å². The minimum absolute atomic E-state index is 0.123. The molecule has 4 nitrogen and oxygen atoms in total. The number of benzene rings is 1. The van der Waals surface area contributed by atoms with Crippen LogP contribution >= 0.6 is 0 Å². The monoisotopic (exact) mass is 278 g/mol. The molecule has 2 rings (SSSR count). The van der Waals surface area contributed by atoms with Gasteiger partial charge in [-0.1, -0.05) is 13.8 Å². The Balaban J connectivity index is 2.09. The third kappa shape index (κ3) is 3.01. The van der Waals surface area contributed by atoms with E-state index in [0.717, 1.165) is 17.9 Å². The molecule has 0 heterocycles. The molecule has 1 aliphatic rings. The van der Waals surface area contributed by atoms with Crippen LogP contribution in [0.2, 0.25) is 0 Å². The van der Waals surface area contributed by atoms with Crippen molar-refractivity contribution in [1.82, 2.24) is 0 Å². The van der Waals surface area contributed by atoms with Gasteiger partial charge in [-0.25, -0.2) is 0 Å². The van der Waals surface area contributed by atoms with Gasteiger partial charge in [0.25, 0.3) is 0 Å². The molecule has 1 aromatic carbocycles. The molecule has 0 amide bonds. The van der Waals surface area contributed by atoms with Gasteiger partial charge in [-0.05, 0) is 26.3 Å². The van der Waals surface area contributed by atoms with Gasteiger partial charge in [0, 0.05) is 42.1 Å². The summed E-state index contributed by atoms with van der Waals surface area (Å²) >= 11 is 0. The Morgan fingerprint density at radius 1 is 1.30 bits per heavy atom. The molecule has 3 N–H and O–H groups in total. The third-order valence-electron chi connectivity index (χ3n) is 4.10. The van der Waals surface area contributed by atoms with Crippen LogP contribution in [0, 0.1) is 5.41 Å². The van der Waals surface area contributed by atoms with Gasteiger partial charge in [-0.3, -0.25) is 0 Å². The number of nitrogens with one attached hydrogen (secondary N) is 1. The quantitative estimate of drug-likeness (QED) is 0.812. The van der Waals surface area contributed by atoms with Crippen LogP contribution in [0.25, 0.3) is 0 Å². The van der Waals surface area contributed by atoms with Gasteiger partial charge in [0.2, 0.25) is 0 Å². The zero-order chi connectivity index (χ0) is 14.9. The first-order valence-corrected chi connectivity index (χ1v) is 7.19. The number of hydrogen-bond acceptors (Lipinski definition) is 4. The topological polar surface area (TPSA) is 56.5 Å². The van der Waals surface area contributed by atoms with Gasteiger partial charge in [0.15, 0.2) is 0 Å². The number of methoxy groups -OCH3 is 1. The summed E-state index contributed by atoms with van der Waals surface area (Å²) in [4.78, 5) is 0. The third-order valence-corrected chi connectivity index (χ3v) is 4.10. The van der Waals surface area contributed by atoms with E-state index in [4.69, 9.17) is 15.2 Å². The Hall–Kier alpha value is -1.42. The highest BCUT2D eigenvalue weighted by atomic mass is 16.5. The highest BCUT2D eigenvalue weighted by Gasteiger charge is 2.48. The van der Waals surface area contributed by atoms with E-state index in [9.17, 15) is 0 Å². The van der Waals surface area contributed by atoms with Crippen molar-refractivity contribution < 1.29 is 9.47 Å². The molecule has 0 aromatic heterocycles. The lowest BCUT2D eigenvalue weighted by atomic mass is 9.64. The van der Waals surface area contributed by atoms with Crippen molar-refractivity contribution >= 4 is 11.4 Å². The molecule has 0 radical (unpaired) electrons. The van der Waals surface area contributed by atoms with Crippen LogP contribution in [0.15, 0.2) is 18.2 Å². The highest BCUT2D eigenvalue weighted by molar-refractivity contribution is 5.60. The molecular formula is C16H26N2O2. The summed E-state index contributed by atoms with van der Waals surface area (Å²) in [6.07, 6.45) is 1.47. The fourth-order valence-electron chi connectivity index (χ4n) is 2.78. The average molecular weight is 278 g/mol. The molecule has 0 aliphatic heterocycles. The van der Waals surface area contributed by atoms with E-state index < -0.39 is 0 Å². The Morgan fingerprint density at radius 3 is 2.55 bits per heavy atom. The summed E-state index contributed by atoms with van der Waals surface area (Å²) in [6, 6.07) is 6.20. The van der Waals surface area contributed by atoms with E-state index in [-0.39, 0.29) is 11.5 Å². The number of nitrogens with two attached hydrogens (primary N) is 1. The van der Waals surface area contributed by atoms with E-state index in [2.05, 4.69) is 19.2 Å². The summed E-state index contributed by atoms with van der Waals surface area (Å²) in [5, 5.41) is 3.55. The van der Waals surface area contributed by atoms with Crippen molar-refractivity contribution in [3.8, 4) is 5.75 Å². The minimum Gasteiger partial charge on any atom is -0.491 e. The zero-order valence-electron chi connectivity index (χ0n) is 13.1. The maximum absolute atomic E-state index is 5.95. The lowest BCUT2D eigenvalue weighted by molar-refractivity contribution is -0.0794. The van der Waals surface area contributed by atoms with Crippen LogP contribution in [0.1, 0.15) is 34.1 Å². The van der Waals surface area contributed by atoms with Crippen LogP contribution in [-0.4, -0.2) is 25.4 Å². The molecule has 20 heavy (non-hydrogen) atoms. The smallest absolute Gasteiger partial charge is 0.123 e. The van der Waals surface area contributed by atoms with E-state index in [0.29, 0.717) is 17.8 Å². The van der Waals surface area contributed by atoms with E-state index >= 15 is 0 Å². The number of ether oxygens (including phenoxy) is 2. The lowest BCUT2D eigenvalue weighted by Gasteiger charge is -2.51. The van der Waals surface area contributed by atoms with Crippen LogP contribution < -0.4 is 15.8 Å². The maximum atomic E-state index is 5.95. The van der Waals surface area contributed by atoms with Gasteiger partial charge in [-0.2, -0.15) is 0 Å². The van der Waals surface area contributed by atoms with Gasteiger partial charge >= 0.3 is 0 Å². The number of anilines is 2. The largest absolute Gasteiger partial charge is 0.491 e. The second-order valence-corrected chi connectivity index (χ2v) is 6.44. The minimum atomic E-state index is 0.123. The summed E-state index contributed by atoms with van der Waals surface area (Å²) < 4.78 is 11.2. The Labute approximate surface area is 121 Å². The van der Waals surface area contributed by atoms with Crippen LogP contribution in [0.4, 0.5) is 11.4 Å². The van der Waals surface area contributed by atoms with E-state index in [1.807, 2.05) is 32.0 Å². The number of hydrogen-bond donors (Lipinski definition) is 2. The number of rotatable bonds is 5. The molecule has 0 saturated heterocycles. The first kappa shape index (κ1) is 15.0. The molecule has 1 aromatic rings. The Kier molecular flexibility index (Phi) is 4.14. The molecule has 0 bridgehead atoms. The summed E-state index contributed by atoms with van der Waals surface area (Å²) in [7, 11) is 1.78. The molecule has 2 unspecified atom stereocenters. The first-order valence-electron chi connectivity index (χ1n) is 7.19. The fourth-order valence-corrected chi connectivity index (χ4v) is 2.78. The van der Waals surface area contributed by atoms with Crippen molar-refractivity contribution in [3.63, 3.8) is 0 Å². The van der Waals surface area contributed by atoms with Crippen molar-refractivity contribution in [2.45, 2.75) is 52.4 Å². The molecular weight excluding hydrogens is 252 g/mol. The molecule has 112 valence electrons. The van der Waals surface area contributed by atoms with Crippen LogP contribution in [0.5, 0.6) is 5.75 Å². The maximum Gasteiger partial charge on any atom is 0.123 e. The average Bonchev–Trinajstić information content (AvgIpc) is 2.32. The Morgan fingerprint density at radius 2 is 2.00 bits per heavy atom. The lowest BCUT2D eigenvalue weighted by Crippen LogP contribution is -2.57. The highest BCUT2D eigenvalue weighted by Crippen LogP contribution is 2.44. The predicted octanol–water partition coefficient (Wildman–Crippen LogP) is 3.28. The van der Waals surface area contributed by atoms with Crippen LogP contribution in [-0.2, 0) is 4.74 Å². The first-order chi connectivity index (χ1) is 9.32. The molecule has 4 heteroatoms. The van der Waals surface area contributed by atoms with Gasteiger partial charge in [0.1, 0.15) is 5.75 Å². The standard InChI is InChI=1S/C16H26N2O2/c1-10(2)20-13-7-11(17)6-12(8-13)18-14-9-15(19-5)16(14,3)4/h6-8,10,14-15,18H,9,17H2,1-5H3. The molecule has 1 fully saturated rings. The number of nitrogen functional groups attached to an aromatic ring is 1. The summed E-state index contributed by atoms with van der Waals surface area (Å²) in [5.41, 5.74) is 7.79. The van der Waals surface area contributed by atoms with Crippen LogP contribution in [0.3, 0.4) is 0 Å². The van der Waals surface area contributed by atoms with E-state index in [1.54, 1.807) is 7.11 Å². The molecule has 2 atom stereocenters. The SMILES string of the molecule is COC1CC(Nc2cc(N)cc(OC(C)C)c2)C1(C)C. The Bertz CT molecular complexity index is 472. The van der Waals surface area contributed by atoms with E-state index in [1.165, 1.54) is 0 Å². The molecule has 1 aliphatic carbocycles. The van der Waals surface area contributed by atoms with Crippen molar-refractivity contribution in [2.24, 2.45) is 5.41 Å². The predicted molar refractivity (Wildman–Crippen MR) is 83.2 cm³/mol. The van der Waals surface area contributed by atoms with Crippen molar-refractivity contribution in [1.29, 1.82) is 0 Å². The van der Waals surface area contributed by atoms with Crippen molar-refractivity contribution in [2.75, 3.05) is 18.2 Å².